The molecule has 124 valence electrons. The summed E-state index contributed by atoms with van der Waals surface area (Å²) in [5.74, 6) is 2.16. The van der Waals surface area contributed by atoms with E-state index in [2.05, 4.69) is 37.4 Å². The Hall–Kier alpha value is -2.20. The standard InChI is InChI=1S/C19H25NO3/c1-13-6-7-15(14(2)8-13)11-20-12-16-9-18(22-4)19(23-5)10-17(16)21-3/h6-10,20H,11-12H2,1-5H3. The average molecular weight is 315 g/mol. The molecule has 0 atom stereocenters. The lowest BCUT2D eigenvalue weighted by molar-refractivity contribution is 0.347. The zero-order chi connectivity index (χ0) is 16.8. The minimum Gasteiger partial charge on any atom is -0.496 e. The maximum Gasteiger partial charge on any atom is 0.164 e. The van der Waals surface area contributed by atoms with E-state index in [0.29, 0.717) is 18.0 Å². The molecule has 23 heavy (non-hydrogen) atoms. The molecule has 0 spiro atoms. The molecule has 0 radical (unpaired) electrons. The Kier molecular flexibility index (Phi) is 5.88. The summed E-state index contributed by atoms with van der Waals surface area (Å²) in [6, 6.07) is 10.3. The van der Waals surface area contributed by atoms with Crippen molar-refractivity contribution in [3.05, 3.63) is 52.6 Å². The van der Waals surface area contributed by atoms with Crippen molar-refractivity contribution >= 4 is 0 Å². The molecule has 1 N–H and O–H groups in total. The first-order valence-corrected chi connectivity index (χ1v) is 7.64. The van der Waals surface area contributed by atoms with Crippen molar-refractivity contribution < 1.29 is 14.2 Å². The van der Waals surface area contributed by atoms with Gasteiger partial charge in [-0.1, -0.05) is 23.8 Å². The van der Waals surface area contributed by atoms with Crippen LogP contribution in [-0.4, -0.2) is 21.3 Å². The zero-order valence-corrected chi connectivity index (χ0v) is 14.5. The van der Waals surface area contributed by atoms with E-state index in [4.69, 9.17) is 14.2 Å². The second-order valence-electron chi connectivity index (χ2n) is 5.55. The zero-order valence-electron chi connectivity index (χ0n) is 14.5. The van der Waals surface area contributed by atoms with Crippen molar-refractivity contribution in [1.29, 1.82) is 0 Å². The molecule has 0 bridgehead atoms. The monoisotopic (exact) mass is 315 g/mol. The highest BCUT2D eigenvalue weighted by atomic mass is 16.5. The minimum atomic E-state index is 0.669. The summed E-state index contributed by atoms with van der Waals surface area (Å²) in [6.07, 6.45) is 0. The smallest absolute Gasteiger partial charge is 0.164 e. The van der Waals surface area contributed by atoms with E-state index in [9.17, 15) is 0 Å². The van der Waals surface area contributed by atoms with Crippen LogP contribution in [0.15, 0.2) is 30.3 Å². The number of aryl methyl sites for hydroxylation is 2. The van der Waals surface area contributed by atoms with Crippen LogP contribution in [0.1, 0.15) is 22.3 Å². The van der Waals surface area contributed by atoms with E-state index in [1.807, 2.05) is 12.1 Å². The molecule has 0 heterocycles. The molecule has 0 saturated carbocycles. The molecule has 4 heteroatoms. The van der Waals surface area contributed by atoms with Gasteiger partial charge in [0.05, 0.1) is 21.3 Å². The Morgan fingerprint density at radius 2 is 1.35 bits per heavy atom. The Morgan fingerprint density at radius 3 is 1.96 bits per heavy atom. The van der Waals surface area contributed by atoms with Gasteiger partial charge in [-0.2, -0.15) is 0 Å². The fourth-order valence-electron chi connectivity index (χ4n) is 2.61. The summed E-state index contributed by atoms with van der Waals surface area (Å²) in [6.45, 7) is 5.75. The molecular formula is C19H25NO3. The Labute approximate surface area is 138 Å². The van der Waals surface area contributed by atoms with Crippen molar-refractivity contribution in [2.24, 2.45) is 0 Å². The molecule has 0 aliphatic heterocycles. The molecule has 2 aromatic rings. The van der Waals surface area contributed by atoms with E-state index in [0.717, 1.165) is 17.9 Å². The summed E-state index contributed by atoms with van der Waals surface area (Å²) in [5, 5.41) is 3.47. The van der Waals surface area contributed by atoms with Gasteiger partial charge in [-0.05, 0) is 31.0 Å². The number of nitrogens with one attached hydrogen (secondary N) is 1. The summed E-state index contributed by atoms with van der Waals surface area (Å²) in [4.78, 5) is 0. The van der Waals surface area contributed by atoms with E-state index < -0.39 is 0 Å². The van der Waals surface area contributed by atoms with Crippen molar-refractivity contribution in [2.45, 2.75) is 26.9 Å². The van der Waals surface area contributed by atoms with Crippen molar-refractivity contribution in [1.82, 2.24) is 5.32 Å². The maximum absolute atomic E-state index is 5.45. The molecule has 0 amide bonds. The van der Waals surface area contributed by atoms with Crippen molar-refractivity contribution in [2.75, 3.05) is 21.3 Å². The Balaban J connectivity index is 2.10. The number of ether oxygens (including phenoxy) is 3. The van der Waals surface area contributed by atoms with Gasteiger partial charge in [0.1, 0.15) is 5.75 Å². The van der Waals surface area contributed by atoms with Crippen molar-refractivity contribution in [3.63, 3.8) is 0 Å². The van der Waals surface area contributed by atoms with Crippen LogP contribution in [0.2, 0.25) is 0 Å². The molecule has 0 unspecified atom stereocenters. The van der Waals surface area contributed by atoms with Crippen LogP contribution < -0.4 is 19.5 Å². The molecule has 0 aliphatic rings. The lowest BCUT2D eigenvalue weighted by Crippen LogP contribution is -2.14. The quantitative estimate of drug-likeness (QED) is 0.847. The average Bonchev–Trinajstić information content (AvgIpc) is 2.56. The number of rotatable bonds is 7. The van der Waals surface area contributed by atoms with Gasteiger partial charge in [-0.3, -0.25) is 0 Å². The van der Waals surface area contributed by atoms with E-state index >= 15 is 0 Å². The molecule has 2 rings (SSSR count). The highest BCUT2D eigenvalue weighted by Crippen LogP contribution is 2.34. The number of benzene rings is 2. The highest BCUT2D eigenvalue weighted by Gasteiger charge is 2.11. The van der Waals surface area contributed by atoms with Crippen LogP contribution in [0, 0.1) is 13.8 Å². The van der Waals surface area contributed by atoms with Crippen LogP contribution in [-0.2, 0) is 13.1 Å². The first-order chi connectivity index (χ1) is 11.1. The van der Waals surface area contributed by atoms with Crippen LogP contribution >= 0.6 is 0 Å². The van der Waals surface area contributed by atoms with Gasteiger partial charge in [0, 0.05) is 24.7 Å². The first-order valence-electron chi connectivity index (χ1n) is 7.64. The lowest BCUT2D eigenvalue weighted by atomic mass is 10.1. The molecule has 4 nitrogen and oxygen atoms in total. The molecule has 0 fully saturated rings. The van der Waals surface area contributed by atoms with Gasteiger partial charge in [-0.25, -0.2) is 0 Å². The number of hydrogen-bond donors (Lipinski definition) is 1. The Morgan fingerprint density at radius 1 is 0.739 bits per heavy atom. The predicted octanol–water partition coefficient (Wildman–Crippen LogP) is 3.62. The van der Waals surface area contributed by atoms with Crippen LogP contribution in [0.5, 0.6) is 17.2 Å². The van der Waals surface area contributed by atoms with Gasteiger partial charge >= 0.3 is 0 Å². The molecule has 0 saturated heterocycles. The van der Waals surface area contributed by atoms with Gasteiger partial charge in [-0.15, -0.1) is 0 Å². The summed E-state index contributed by atoms with van der Waals surface area (Å²) < 4.78 is 16.1. The largest absolute Gasteiger partial charge is 0.496 e. The predicted molar refractivity (Wildman–Crippen MR) is 92.6 cm³/mol. The van der Waals surface area contributed by atoms with E-state index in [1.54, 1.807) is 21.3 Å². The summed E-state index contributed by atoms with van der Waals surface area (Å²) in [7, 11) is 4.92. The van der Waals surface area contributed by atoms with Crippen LogP contribution in [0.25, 0.3) is 0 Å². The number of hydrogen-bond acceptors (Lipinski definition) is 4. The minimum absolute atomic E-state index is 0.669. The topological polar surface area (TPSA) is 39.7 Å². The third kappa shape index (κ3) is 4.17. The molecular weight excluding hydrogens is 290 g/mol. The van der Waals surface area contributed by atoms with Gasteiger partial charge in [0.2, 0.25) is 0 Å². The first kappa shape index (κ1) is 17.2. The third-order valence-corrected chi connectivity index (χ3v) is 3.92. The molecule has 2 aromatic carbocycles. The van der Waals surface area contributed by atoms with E-state index in [-0.39, 0.29) is 0 Å². The van der Waals surface area contributed by atoms with Gasteiger partial charge in [0.15, 0.2) is 11.5 Å². The van der Waals surface area contributed by atoms with Crippen LogP contribution in [0.3, 0.4) is 0 Å². The van der Waals surface area contributed by atoms with Crippen LogP contribution in [0.4, 0.5) is 0 Å². The number of methoxy groups -OCH3 is 3. The third-order valence-electron chi connectivity index (χ3n) is 3.92. The SMILES string of the molecule is COc1cc(OC)c(OC)cc1CNCc1ccc(C)cc1C. The highest BCUT2D eigenvalue weighted by molar-refractivity contribution is 5.50. The fraction of sp³-hybridized carbons (Fsp3) is 0.368. The summed E-state index contributed by atoms with van der Waals surface area (Å²) >= 11 is 0. The second kappa shape index (κ2) is 7.88. The second-order valence-corrected chi connectivity index (χ2v) is 5.55. The van der Waals surface area contributed by atoms with Gasteiger partial charge < -0.3 is 19.5 Å². The van der Waals surface area contributed by atoms with Crippen molar-refractivity contribution in [3.8, 4) is 17.2 Å². The normalized spacial score (nSPS) is 10.5. The summed E-state index contributed by atoms with van der Waals surface area (Å²) in [5.41, 5.74) is 4.93. The maximum atomic E-state index is 5.45. The Bertz CT molecular complexity index is 668. The molecule has 0 aliphatic carbocycles. The lowest BCUT2D eigenvalue weighted by Gasteiger charge is -2.15. The fourth-order valence-corrected chi connectivity index (χ4v) is 2.61. The molecule has 0 aromatic heterocycles. The van der Waals surface area contributed by atoms with E-state index in [1.165, 1.54) is 16.7 Å². The van der Waals surface area contributed by atoms with Gasteiger partial charge in [0.25, 0.3) is 0 Å².